The molecule has 1 aliphatic heterocycles. The van der Waals surface area contributed by atoms with Crippen molar-refractivity contribution in [2.45, 2.75) is 83.8 Å². The van der Waals surface area contributed by atoms with Crippen LogP contribution >= 0.6 is 0 Å². The van der Waals surface area contributed by atoms with Gasteiger partial charge in [-0.15, -0.1) is 0 Å². The van der Waals surface area contributed by atoms with Crippen molar-refractivity contribution in [2.75, 3.05) is 6.61 Å². The molecule has 1 heterocycles. The maximum absolute atomic E-state index is 12.2. The molecule has 1 aliphatic rings. The van der Waals surface area contributed by atoms with E-state index in [0.29, 0.717) is 0 Å². The molecule has 1 saturated heterocycles. The first kappa shape index (κ1) is 21.3. The first-order chi connectivity index (χ1) is 13.1. The van der Waals surface area contributed by atoms with E-state index >= 15 is 0 Å². The Bertz CT molecular complexity index is 643. The molecule has 2 rings (SSSR count). The van der Waals surface area contributed by atoms with Crippen molar-refractivity contribution in [3.05, 3.63) is 35.4 Å². The van der Waals surface area contributed by atoms with Crippen molar-refractivity contribution in [3.8, 4) is 11.8 Å². The zero-order chi connectivity index (χ0) is 19.6. The smallest absolute Gasteiger partial charge is 0.318 e. The van der Waals surface area contributed by atoms with E-state index < -0.39 is 0 Å². The Kier molecular flexibility index (Phi) is 8.67. The summed E-state index contributed by atoms with van der Waals surface area (Å²) in [5, 5.41) is 12.5. The third-order valence-electron chi connectivity index (χ3n) is 5.12. The van der Waals surface area contributed by atoms with Crippen LogP contribution < -0.4 is 5.32 Å². The number of rotatable bonds is 9. The van der Waals surface area contributed by atoms with Gasteiger partial charge in [-0.25, -0.2) is 4.79 Å². The summed E-state index contributed by atoms with van der Waals surface area (Å²) in [7, 11) is 0. The second kappa shape index (κ2) is 11.0. The topological polar surface area (TPSA) is 52.6 Å². The molecular weight excluding hydrogens is 336 g/mol. The Morgan fingerprint density at radius 3 is 2.41 bits per heavy atom. The Hall–Kier alpha value is -1.99. The van der Waals surface area contributed by atoms with Gasteiger partial charge in [-0.2, -0.15) is 0 Å². The van der Waals surface area contributed by atoms with Crippen molar-refractivity contribution in [1.29, 1.82) is 0 Å². The van der Waals surface area contributed by atoms with Gasteiger partial charge in [0.2, 0.25) is 0 Å². The quantitative estimate of drug-likeness (QED) is 0.492. The van der Waals surface area contributed by atoms with Crippen LogP contribution in [0.3, 0.4) is 0 Å². The SMILES string of the molecule is CCCCCCCCC#Cc1ccc([C@@H]2[C@@H](CO)NC(=O)N2C(C)C)cc1. The molecule has 0 aromatic heterocycles. The molecule has 0 unspecified atom stereocenters. The maximum atomic E-state index is 12.2. The highest BCUT2D eigenvalue weighted by Crippen LogP contribution is 2.31. The van der Waals surface area contributed by atoms with Crippen LogP contribution in [-0.4, -0.2) is 34.7 Å². The second-order valence-corrected chi connectivity index (χ2v) is 7.63. The lowest BCUT2D eigenvalue weighted by Crippen LogP contribution is -2.36. The maximum Gasteiger partial charge on any atom is 0.318 e. The van der Waals surface area contributed by atoms with Gasteiger partial charge in [0.05, 0.1) is 18.7 Å². The predicted octanol–water partition coefficient (Wildman–Crippen LogP) is 4.62. The molecule has 27 heavy (non-hydrogen) atoms. The number of aliphatic hydroxyl groups excluding tert-OH is 1. The molecular formula is C23H34N2O2. The van der Waals surface area contributed by atoms with Crippen LogP contribution in [0, 0.1) is 11.8 Å². The lowest BCUT2D eigenvalue weighted by atomic mass is 9.98. The summed E-state index contributed by atoms with van der Waals surface area (Å²) in [4.78, 5) is 14.0. The fraction of sp³-hybridized carbons (Fsp3) is 0.609. The Balaban J connectivity index is 1.93. The van der Waals surface area contributed by atoms with Gasteiger partial charge in [0, 0.05) is 18.0 Å². The van der Waals surface area contributed by atoms with Gasteiger partial charge in [0.1, 0.15) is 0 Å². The van der Waals surface area contributed by atoms with Crippen molar-refractivity contribution in [1.82, 2.24) is 10.2 Å². The highest BCUT2D eigenvalue weighted by Gasteiger charge is 2.41. The Morgan fingerprint density at radius 2 is 1.78 bits per heavy atom. The van der Waals surface area contributed by atoms with E-state index in [-0.39, 0.29) is 30.8 Å². The zero-order valence-electron chi connectivity index (χ0n) is 17.0. The van der Waals surface area contributed by atoms with Crippen LogP contribution in [0.25, 0.3) is 0 Å². The van der Waals surface area contributed by atoms with E-state index in [1.165, 1.54) is 38.5 Å². The van der Waals surface area contributed by atoms with E-state index in [2.05, 4.69) is 24.1 Å². The Labute approximate surface area is 164 Å². The van der Waals surface area contributed by atoms with E-state index in [4.69, 9.17) is 0 Å². The van der Waals surface area contributed by atoms with Gasteiger partial charge in [0.15, 0.2) is 0 Å². The monoisotopic (exact) mass is 370 g/mol. The number of amides is 2. The molecule has 0 aliphatic carbocycles. The highest BCUT2D eigenvalue weighted by molar-refractivity contribution is 5.78. The van der Waals surface area contributed by atoms with Crippen LogP contribution in [0.15, 0.2) is 24.3 Å². The van der Waals surface area contributed by atoms with Gasteiger partial charge in [-0.3, -0.25) is 0 Å². The zero-order valence-corrected chi connectivity index (χ0v) is 17.0. The number of carbonyl (C=O) groups is 1. The summed E-state index contributed by atoms with van der Waals surface area (Å²) in [5.41, 5.74) is 2.03. The largest absolute Gasteiger partial charge is 0.394 e. The predicted molar refractivity (Wildman–Crippen MR) is 110 cm³/mol. The summed E-state index contributed by atoms with van der Waals surface area (Å²) >= 11 is 0. The van der Waals surface area contributed by atoms with Gasteiger partial charge in [-0.1, -0.05) is 63.0 Å². The minimum atomic E-state index is -0.274. The van der Waals surface area contributed by atoms with Gasteiger partial charge in [0.25, 0.3) is 0 Å². The van der Waals surface area contributed by atoms with Gasteiger partial charge >= 0.3 is 6.03 Å². The summed E-state index contributed by atoms with van der Waals surface area (Å²) in [6.07, 6.45) is 8.67. The molecule has 2 N–H and O–H groups in total. The molecule has 1 aromatic carbocycles. The lowest BCUT2D eigenvalue weighted by molar-refractivity contribution is 0.170. The minimum Gasteiger partial charge on any atom is -0.394 e. The molecule has 1 aromatic rings. The minimum absolute atomic E-state index is 0.0700. The fourth-order valence-electron chi connectivity index (χ4n) is 3.65. The average Bonchev–Trinajstić information content (AvgIpc) is 3.01. The number of unbranched alkanes of at least 4 members (excludes halogenated alkanes) is 6. The normalized spacial score (nSPS) is 19.1. The van der Waals surface area contributed by atoms with E-state index in [1.54, 1.807) is 4.90 Å². The molecule has 1 fully saturated rings. The van der Waals surface area contributed by atoms with Gasteiger partial charge < -0.3 is 15.3 Å². The number of nitrogens with zero attached hydrogens (tertiary/aromatic N) is 1. The highest BCUT2D eigenvalue weighted by atomic mass is 16.3. The first-order valence-electron chi connectivity index (χ1n) is 10.4. The van der Waals surface area contributed by atoms with Crippen LogP contribution in [0.1, 0.15) is 82.9 Å². The molecule has 4 nitrogen and oxygen atoms in total. The number of urea groups is 1. The average molecular weight is 371 g/mol. The van der Waals surface area contributed by atoms with Crippen LogP contribution in [-0.2, 0) is 0 Å². The van der Waals surface area contributed by atoms with E-state index in [0.717, 1.165) is 17.5 Å². The van der Waals surface area contributed by atoms with E-state index in [1.807, 2.05) is 38.1 Å². The molecule has 0 spiro atoms. The molecule has 0 radical (unpaired) electrons. The van der Waals surface area contributed by atoms with Crippen LogP contribution in [0.4, 0.5) is 4.79 Å². The van der Waals surface area contributed by atoms with Crippen molar-refractivity contribution in [2.24, 2.45) is 0 Å². The van der Waals surface area contributed by atoms with Crippen molar-refractivity contribution < 1.29 is 9.90 Å². The summed E-state index contributed by atoms with van der Waals surface area (Å²) in [6, 6.07) is 7.62. The third-order valence-corrected chi connectivity index (χ3v) is 5.12. The fourth-order valence-corrected chi connectivity index (χ4v) is 3.65. The first-order valence-corrected chi connectivity index (χ1v) is 10.4. The summed E-state index contributed by atoms with van der Waals surface area (Å²) in [5.74, 6) is 6.51. The Morgan fingerprint density at radius 1 is 1.11 bits per heavy atom. The number of nitrogens with one attached hydrogen (secondary N) is 1. The molecule has 148 valence electrons. The molecule has 4 heteroatoms. The number of aliphatic hydroxyl groups is 1. The number of hydrogen-bond donors (Lipinski definition) is 2. The van der Waals surface area contributed by atoms with Gasteiger partial charge in [-0.05, 0) is 38.0 Å². The number of benzene rings is 1. The lowest BCUT2D eigenvalue weighted by Gasteiger charge is -2.29. The standard InChI is InChI=1S/C23H34N2O2/c1-4-5-6-7-8-9-10-11-12-19-13-15-20(16-14-19)22-21(17-26)24-23(27)25(22)18(2)3/h13-16,18,21-22,26H,4-10,17H2,1-3H3,(H,24,27)/t21-,22-/m1/s1. The molecule has 0 saturated carbocycles. The summed E-state index contributed by atoms with van der Waals surface area (Å²) < 4.78 is 0. The van der Waals surface area contributed by atoms with E-state index in [9.17, 15) is 9.90 Å². The van der Waals surface area contributed by atoms with Crippen molar-refractivity contribution >= 4 is 6.03 Å². The molecule has 2 amide bonds. The molecule has 0 bridgehead atoms. The molecule has 2 atom stereocenters. The number of carbonyl (C=O) groups excluding carboxylic acids is 1. The van der Waals surface area contributed by atoms with Crippen LogP contribution in [0.2, 0.25) is 0 Å². The van der Waals surface area contributed by atoms with Crippen LogP contribution in [0.5, 0.6) is 0 Å². The number of hydrogen-bond acceptors (Lipinski definition) is 2. The second-order valence-electron chi connectivity index (χ2n) is 7.63. The summed E-state index contributed by atoms with van der Waals surface area (Å²) in [6.45, 7) is 6.16. The third kappa shape index (κ3) is 6.01. The van der Waals surface area contributed by atoms with Crippen molar-refractivity contribution in [3.63, 3.8) is 0 Å².